The van der Waals surface area contributed by atoms with E-state index in [1.165, 1.54) is 6.07 Å². The summed E-state index contributed by atoms with van der Waals surface area (Å²) in [7, 11) is 0. The SMILES string of the molecule is Cc1ccnc(-c2noc(-c3ccc(F)c(F)c3)n2)c1. The molecule has 2 aromatic heterocycles. The molecular weight excluding hydrogens is 264 g/mol. The van der Waals surface area contributed by atoms with Gasteiger partial charge >= 0.3 is 0 Å². The number of halogens is 2. The minimum atomic E-state index is -0.962. The minimum absolute atomic E-state index is 0.113. The maximum absolute atomic E-state index is 13.2. The minimum Gasteiger partial charge on any atom is -0.334 e. The van der Waals surface area contributed by atoms with Gasteiger partial charge in [0.1, 0.15) is 5.69 Å². The van der Waals surface area contributed by atoms with E-state index in [4.69, 9.17) is 4.52 Å². The third-order valence-corrected chi connectivity index (χ3v) is 2.74. The molecule has 6 heteroatoms. The van der Waals surface area contributed by atoms with Gasteiger partial charge in [-0.1, -0.05) is 5.16 Å². The second-order valence-corrected chi connectivity index (χ2v) is 4.27. The van der Waals surface area contributed by atoms with Crippen LogP contribution in [0.3, 0.4) is 0 Å². The molecule has 0 N–H and O–H groups in total. The lowest BCUT2D eigenvalue weighted by Crippen LogP contribution is -1.87. The Morgan fingerprint density at radius 1 is 1.05 bits per heavy atom. The predicted octanol–water partition coefficient (Wildman–Crippen LogP) is 3.39. The van der Waals surface area contributed by atoms with Gasteiger partial charge in [0, 0.05) is 11.8 Å². The summed E-state index contributed by atoms with van der Waals surface area (Å²) >= 11 is 0. The lowest BCUT2D eigenvalue weighted by molar-refractivity contribution is 0.431. The molecule has 0 saturated carbocycles. The molecule has 1 aromatic carbocycles. The Hall–Kier alpha value is -2.63. The molecule has 2 heterocycles. The summed E-state index contributed by atoms with van der Waals surface area (Å²) in [6.07, 6.45) is 1.64. The number of rotatable bonds is 2. The molecule has 100 valence electrons. The first-order valence-electron chi connectivity index (χ1n) is 5.85. The molecule has 0 fully saturated rings. The zero-order valence-corrected chi connectivity index (χ0v) is 10.5. The van der Waals surface area contributed by atoms with E-state index in [0.717, 1.165) is 17.7 Å². The Kier molecular flexibility index (Phi) is 2.98. The fraction of sp³-hybridized carbons (Fsp3) is 0.0714. The molecule has 3 rings (SSSR count). The highest BCUT2D eigenvalue weighted by Gasteiger charge is 2.13. The van der Waals surface area contributed by atoms with Gasteiger partial charge in [0.05, 0.1) is 0 Å². The molecule has 3 aromatic rings. The number of nitrogens with zero attached hydrogens (tertiary/aromatic N) is 3. The van der Waals surface area contributed by atoms with Crippen molar-refractivity contribution in [2.75, 3.05) is 0 Å². The van der Waals surface area contributed by atoms with E-state index in [0.29, 0.717) is 17.1 Å². The zero-order valence-electron chi connectivity index (χ0n) is 10.5. The summed E-state index contributed by atoms with van der Waals surface area (Å²) in [5.74, 6) is -1.47. The molecule has 0 bridgehead atoms. The average molecular weight is 273 g/mol. The van der Waals surface area contributed by atoms with Gasteiger partial charge < -0.3 is 4.52 Å². The summed E-state index contributed by atoms with van der Waals surface area (Å²) < 4.78 is 31.1. The third kappa shape index (κ3) is 2.27. The molecule has 0 atom stereocenters. The van der Waals surface area contributed by atoms with Gasteiger partial charge in [-0.3, -0.25) is 4.98 Å². The van der Waals surface area contributed by atoms with Crippen LogP contribution in [0.2, 0.25) is 0 Å². The molecule has 0 radical (unpaired) electrons. The second kappa shape index (κ2) is 4.80. The van der Waals surface area contributed by atoms with Crippen molar-refractivity contribution in [3.05, 3.63) is 53.7 Å². The monoisotopic (exact) mass is 273 g/mol. The van der Waals surface area contributed by atoms with E-state index in [9.17, 15) is 8.78 Å². The summed E-state index contributed by atoms with van der Waals surface area (Å²) in [6.45, 7) is 1.92. The Bertz CT molecular complexity index is 771. The van der Waals surface area contributed by atoms with Gasteiger partial charge in [0.25, 0.3) is 5.89 Å². The van der Waals surface area contributed by atoms with Crippen molar-refractivity contribution in [2.24, 2.45) is 0 Å². The van der Waals surface area contributed by atoms with Gasteiger partial charge in [-0.15, -0.1) is 0 Å². The Labute approximate surface area is 113 Å². The van der Waals surface area contributed by atoms with E-state index in [1.54, 1.807) is 12.3 Å². The van der Waals surface area contributed by atoms with Gasteiger partial charge in [0.2, 0.25) is 5.82 Å². The van der Waals surface area contributed by atoms with Crippen LogP contribution in [0.15, 0.2) is 41.1 Å². The molecule has 0 spiro atoms. The van der Waals surface area contributed by atoms with Crippen LogP contribution < -0.4 is 0 Å². The number of aromatic nitrogens is 3. The van der Waals surface area contributed by atoms with Crippen molar-refractivity contribution in [1.29, 1.82) is 0 Å². The predicted molar refractivity (Wildman–Crippen MR) is 67.6 cm³/mol. The van der Waals surface area contributed by atoms with Crippen molar-refractivity contribution in [3.63, 3.8) is 0 Å². The van der Waals surface area contributed by atoms with E-state index in [-0.39, 0.29) is 5.89 Å². The van der Waals surface area contributed by atoms with Crippen LogP contribution in [0.5, 0.6) is 0 Å². The van der Waals surface area contributed by atoms with Crippen LogP contribution in [0.4, 0.5) is 8.78 Å². The van der Waals surface area contributed by atoms with Gasteiger partial charge in [0.15, 0.2) is 11.6 Å². The van der Waals surface area contributed by atoms with Gasteiger partial charge in [-0.05, 0) is 42.8 Å². The lowest BCUT2D eigenvalue weighted by atomic mass is 10.2. The summed E-state index contributed by atoms with van der Waals surface area (Å²) in [6, 6.07) is 7.05. The molecule has 0 unspecified atom stereocenters. The topological polar surface area (TPSA) is 51.8 Å². The highest BCUT2D eigenvalue weighted by molar-refractivity contribution is 5.57. The van der Waals surface area contributed by atoms with Crippen molar-refractivity contribution < 1.29 is 13.3 Å². The highest BCUT2D eigenvalue weighted by Crippen LogP contribution is 2.22. The van der Waals surface area contributed by atoms with Crippen LogP contribution >= 0.6 is 0 Å². The van der Waals surface area contributed by atoms with Crippen molar-refractivity contribution in [3.8, 4) is 23.0 Å². The molecular formula is C14H9F2N3O. The van der Waals surface area contributed by atoms with Crippen LogP contribution in [-0.4, -0.2) is 15.1 Å². The Morgan fingerprint density at radius 3 is 2.65 bits per heavy atom. The third-order valence-electron chi connectivity index (χ3n) is 2.74. The van der Waals surface area contributed by atoms with Crippen molar-refractivity contribution in [2.45, 2.75) is 6.92 Å². The molecule has 0 saturated heterocycles. The Balaban J connectivity index is 1.99. The maximum atomic E-state index is 13.2. The number of aryl methyl sites for hydroxylation is 1. The molecule has 0 amide bonds. The van der Waals surface area contributed by atoms with Crippen LogP contribution in [0, 0.1) is 18.6 Å². The molecule has 0 aliphatic carbocycles. The zero-order chi connectivity index (χ0) is 14.1. The number of benzene rings is 1. The Morgan fingerprint density at radius 2 is 1.90 bits per heavy atom. The van der Waals surface area contributed by atoms with E-state index >= 15 is 0 Å². The van der Waals surface area contributed by atoms with Crippen molar-refractivity contribution >= 4 is 0 Å². The van der Waals surface area contributed by atoms with Crippen molar-refractivity contribution in [1.82, 2.24) is 15.1 Å². The summed E-state index contributed by atoms with van der Waals surface area (Å²) in [5, 5.41) is 3.79. The molecule has 4 nitrogen and oxygen atoms in total. The van der Waals surface area contributed by atoms with Crippen LogP contribution in [-0.2, 0) is 0 Å². The average Bonchev–Trinajstić information content (AvgIpc) is 2.92. The first kappa shape index (κ1) is 12.4. The van der Waals surface area contributed by atoms with E-state index in [1.807, 2.05) is 13.0 Å². The molecule has 0 aliphatic rings. The number of hydrogen-bond donors (Lipinski definition) is 0. The first-order valence-corrected chi connectivity index (χ1v) is 5.85. The molecule has 0 aliphatic heterocycles. The largest absolute Gasteiger partial charge is 0.334 e. The number of pyridine rings is 1. The van der Waals surface area contributed by atoms with E-state index in [2.05, 4.69) is 15.1 Å². The quantitative estimate of drug-likeness (QED) is 0.718. The summed E-state index contributed by atoms with van der Waals surface area (Å²) in [4.78, 5) is 8.26. The smallest absolute Gasteiger partial charge is 0.258 e. The normalized spacial score (nSPS) is 10.8. The van der Waals surface area contributed by atoms with Gasteiger partial charge in [-0.2, -0.15) is 4.98 Å². The highest BCUT2D eigenvalue weighted by atomic mass is 19.2. The second-order valence-electron chi connectivity index (χ2n) is 4.27. The first-order chi connectivity index (χ1) is 9.63. The van der Waals surface area contributed by atoms with Gasteiger partial charge in [-0.25, -0.2) is 8.78 Å². The van der Waals surface area contributed by atoms with E-state index < -0.39 is 11.6 Å². The summed E-state index contributed by atoms with van der Waals surface area (Å²) in [5.41, 5.74) is 1.88. The van der Waals surface area contributed by atoms with Crippen LogP contribution in [0.1, 0.15) is 5.56 Å². The lowest BCUT2D eigenvalue weighted by Gasteiger charge is -1.96. The molecule has 20 heavy (non-hydrogen) atoms. The number of hydrogen-bond acceptors (Lipinski definition) is 4. The van der Waals surface area contributed by atoms with Crippen LogP contribution in [0.25, 0.3) is 23.0 Å². The fourth-order valence-corrected chi connectivity index (χ4v) is 1.73. The standard InChI is InChI=1S/C14H9F2N3O/c1-8-4-5-17-12(6-8)13-18-14(20-19-13)9-2-3-10(15)11(16)7-9/h2-7H,1H3. The maximum Gasteiger partial charge on any atom is 0.258 e. The fourth-order valence-electron chi connectivity index (χ4n) is 1.73.